The van der Waals surface area contributed by atoms with Crippen molar-refractivity contribution in [3.63, 3.8) is 0 Å². The number of anilines is 1. The maximum atomic E-state index is 5.67. The van der Waals surface area contributed by atoms with E-state index in [9.17, 15) is 0 Å². The molecule has 19 heavy (non-hydrogen) atoms. The lowest BCUT2D eigenvalue weighted by Gasteiger charge is -2.24. The lowest BCUT2D eigenvalue weighted by atomic mass is 10.2. The average molecular weight is 278 g/mol. The van der Waals surface area contributed by atoms with Crippen LogP contribution in [0.1, 0.15) is 31.0 Å². The number of nitrogens with two attached hydrogens (primary N) is 1. The summed E-state index contributed by atoms with van der Waals surface area (Å²) >= 11 is 5.02. The molecule has 1 fully saturated rings. The SMILES string of the molecule is Cc1cc(C(N)=S)cc(NCC(C)N2CCCC2)n1. The lowest BCUT2D eigenvalue weighted by Crippen LogP contribution is -2.35. The normalized spacial score (nSPS) is 17.4. The van der Waals surface area contributed by atoms with Crippen molar-refractivity contribution < 1.29 is 0 Å². The molecular weight excluding hydrogens is 256 g/mol. The van der Waals surface area contributed by atoms with Crippen LogP contribution in [0.2, 0.25) is 0 Å². The van der Waals surface area contributed by atoms with Gasteiger partial charge in [0.05, 0.1) is 0 Å². The van der Waals surface area contributed by atoms with Gasteiger partial charge in [-0.05, 0) is 51.9 Å². The zero-order valence-corrected chi connectivity index (χ0v) is 12.5. The number of aryl methyl sites for hydroxylation is 1. The largest absolute Gasteiger partial charge is 0.389 e. The van der Waals surface area contributed by atoms with Crippen LogP contribution < -0.4 is 11.1 Å². The maximum Gasteiger partial charge on any atom is 0.126 e. The Morgan fingerprint density at radius 1 is 1.47 bits per heavy atom. The van der Waals surface area contributed by atoms with Gasteiger partial charge in [0.1, 0.15) is 10.8 Å². The van der Waals surface area contributed by atoms with Crippen molar-refractivity contribution in [1.82, 2.24) is 9.88 Å². The lowest BCUT2D eigenvalue weighted by molar-refractivity contribution is 0.269. The maximum absolute atomic E-state index is 5.67. The highest BCUT2D eigenvalue weighted by atomic mass is 32.1. The molecule has 3 N–H and O–H groups in total. The predicted molar refractivity (Wildman–Crippen MR) is 83.6 cm³/mol. The van der Waals surface area contributed by atoms with Crippen LogP contribution in [0, 0.1) is 6.92 Å². The van der Waals surface area contributed by atoms with Crippen molar-refractivity contribution in [1.29, 1.82) is 0 Å². The van der Waals surface area contributed by atoms with Crippen LogP contribution in [0.4, 0.5) is 5.82 Å². The molecule has 5 heteroatoms. The van der Waals surface area contributed by atoms with E-state index in [0.29, 0.717) is 11.0 Å². The molecule has 4 nitrogen and oxygen atoms in total. The Labute approximate surface area is 120 Å². The Hall–Kier alpha value is -1.20. The molecular formula is C14H22N4S. The van der Waals surface area contributed by atoms with E-state index >= 15 is 0 Å². The smallest absolute Gasteiger partial charge is 0.126 e. The molecule has 0 aliphatic carbocycles. The van der Waals surface area contributed by atoms with Crippen LogP contribution in [0.3, 0.4) is 0 Å². The Morgan fingerprint density at radius 2 is 2.16 bits per heavy atom. The first-order valence-corrected chi connectivity index (χ1v) is 7.23. The van der Waals surface area contributed by atoms with E-state index in [1.807, 2.05) is 19.1 Å². The number of aromatic nitrogens is 1. The topological polar surface area (TPSA) is 54.2 Å². The Kier molecular flexibility index (Phi) is 4.71. The molecule has 0 aromatic carbocycles. The first-order chi connectivity index (χ1) is 9.06. The minimum absolute atomic E-state index is 0.418. The summed E-state index contributed by atoms with van der Waals surface area (Å²) in [5, 5.41) is 3.39. The second kappa shape index (κ2) is 6.30. The van der Waals surface area contributed by atoms with Crippen LogP contribution in [0.15, 0.2) is 12.1 Å². The van der Waals surface area contributed by atoms with E-state index in [2.05, 4.69) is 22.1 Å². The molecule has 1 aromatic heterocycles. The molecule has 1 saturated heterocycles. The first-order valence-electron chi connectivity index (χ1n) is 6.82. The molecule has 1 unspecified atom stereocenters. The summed E-state index contributed by atoms with van der Waals surface area (Å²) in [5.41, 5.74) is 7.48. The number of nitrogens with one attached hydrogen (secondary N) is 1. The third-order valence-electron chi connectivity index (χ3n) is 3.58. The molecule has 1 aliphatic rings. The molecule has 0 saturated carbocycles. The highest BCUT2D eigenvalue weighted by Crippen LogP contribution is 2.14. The Balaban J connectivity index is 1.96. The van der Waals surface area contributed by atoms with Gasteiger partial charge >= 0.3 is 0 Å². The predicted octanol–water partition coefficient (Wildman–Crippen LogP) is 1.92. The van der Waals surface area contributed by atoms with E-state index in [0.717, 1.165) is 23.6 Å². The number of hydrogen-bond donors (Lipinski definition) is 2. The van der Waals surface area contributed by atoms with Gasteiger partial charge in [-0.25, -0.2) is 4.98 Å². The highest BCUT2D eigenvalue weighted by molar-refractivity contribution is 7.80. The average Bonchev–Trinajstić information content (AvgIpc) is 2.89. The summed E-state index contributed by atoms with van der Waals surface area (Å²) < 4.78 is 0. The summed E-state index contributed by atoms with van der Waals surface area (Å²) in [7, 11) is 0. The van der Waals surface area contributed by atoms with Gasteiger partial charge in [0.25, 0.3) is 0 Å². The summed E-state index contributed by atoms with van der Waals surface area (Å²) in [6, 6.07) is 4.36. The van der Waals surface area contributed by atoms with Crippen LogP contribution >= 0.6 is 12.2 Å². The summed E-state index contributed by atoms with van der Waals surface area (Å²) in [4.78, 5) is 7.40. The van der Waals surface area contributed by atoms with Crippen molar-refractivity contribution in [2.75, 3.05) is 25.0 Å². The minimum Gasteiger partial charge on any atom is -0.389 e. The Bertz CT molecular complexity index is 455. The number of hydrogen-bond acceptors (Lipinski definition) is 4. The second-order valence-corrected chi connectivity index (χ2v) is 5.66. The molecule has 1 aliphatic heterocycles. The summed E-state index contributed by atoms with van der Waals surface area (Å²) in [6.45, 7) is 7.52. The third-order valence-corrected chi connectivity index (χ3v) is 3.82. The van der Waals surface area contributed by atoms with Gasteiger partial charge in [0.15, 0.2) is 0 Å². The van der Waals surface area contributed by atoms with Crippen LogP contribution in [-0.2, 0) is 0 Å². The quantitative estimate of drug-likeness (QED) is 0.806. The molecule has 0 radical (unpaired) electrons. The fourth-order valence-electron chi connectivity index (χ4n) is 2.47. The number of likely N-dealkylation sites (tertiary alicyclic amines) is 1. The molecule has 1 atom stereocenters. The molecule has 2 rings (SSSR count). The van der Waals surface area contributed by atoms with Crippen LogP contribution in [0.25, 0.3) is 0 Å². The van der Waals surface area contributed by atoms with Gasteiger partial charge < -0.3 is 11.1 Å². The van der Waals surface area contributed by atoms with E-state index < -0.39 is 0 Å². The van der Waals surface area contributed by atoms with Gasteiger partial charge in [-0.2, -0.15) is 0 Å². The fourth-order valence-corrected chi connectivity index (χ4v) is 2.58. The second-order valence-electron chi connectivity index (χ2n) is 5.22. The van der Waals surface area contributed by atoms with Crippen molar-refractivity contribution in [2.24, 2.45) is 5.73 Å². The van der Waals surface area contributed by atoms with Gasteiger partial charge in [-0.1, -0.05) is 12.2 Å². The molecule has 2 heterocycles. The van der Waals surface area contributed by atoms with Gasteiger partial charge in [0.2, 0.25) is 0 Å². The minimum atomic E-state index is 0.418. The molecule has 0 bridgehead atoms. The molecule has 1 aromatic rings. The Morgan fingerprint density at radius 3 is 2.79 bits per heavy atom. The number of pyridine rings is 1. The number of rotatable bonds is 5. The highest BCUT2D eigenvalue weighted by Gasteiger charge is 2.17. The van der Waals surface area contributed by atoms with E-state index in [1.54, 1.807) is 0 Å². The van der Waals surface area contributed by atoms with Crippen LogP contribution in [0.5, 0.6) is 0 Å². The van der Waals surface area contributed by atoms with Crippen molar-refractivity contribution >= 4 is 23.0 Å². The monoisotopic (exact) mass is 278 g/mol. The van der Waals surface area contributed by atoms with Crippen molar-refractivity contribution in [2.45, 2.75) is 32.7 Å². The van der Waals surface area contributed by atoms with Crippen LogP contribution in [-0.4, -0.2) is 40.5 Å². The molecule has 104 valence electrons. The molecule has 0 amide bonds. The first kappa shape index (κ1) is 14.2. The standard InChI is InChI=1S/C14H22N4S/c1-10-7-12(14(15)19)8-13(17-10)16-9-11(2)18-5-3-4-6-18/h7-8,11H,3-6,9H2,1-2H3,(H2,15,19)(H,16,17). The molecule has 0 spiro atoms. The zero-order valence-electron chi connectivity index (χ0n) is 11.6. The number of nitrogens with zero attached hydrogens (tertiary/aromatic N) is 2. The van der Waals surface area contributed by atoms with Gasteiger partial charge in [0, 0.05) is 23.8 Å². The van der Waals surface area contributed by atoms with Gasteiger partial charge in [-0.3, -0.25) is 4.90 Å². The third kappa shape index (κ3) is 3.88. The summed E-state index contributed by atoms with van der Waals surface area (Å²) in [5.74, 6) is 0.855. The summed E-state index contributed by atoms with van der Waals surface area (Å²) in [6.07, 6.45) is 2.64. The van der Waals surface area contributed by atoms with E-state index in [4.69, 9.17) is 18.0 Å². The number of thiocarbonyl (C=S) groups is 1. The van der Waals surface area contributed by atoms with E-state index in [-0.39, 0.29) is 0 Å². The van der Waals surface area contributed by atoms with Crippen molar-refractivity contribution in [3.05, 3.63) is 23.4 Å². The van der Waals surface area contributed by atoms with Crippen molar-refractivity contribution in [3.8, 4) is 0 Å². The zero-order chi connectivity index (χ0) is 13.8. The fraction of sp³-hybridized carbons (Fsp3) is 0.571. The van der Waals surface area contributed by atoms with E-state index in [1.165, 1.54) is 25.9 Å². The van der Waals surface area contributed by atoms with Gasteiger partial charge in [-0.15, -0.1) is 0 Å².